The molecule has 0 radical (unpaired) electrons. The van der Waals surface area contributed by atoms with E-state index >= 15 is 0 Å². The standard InChI is InChI=1S/C21H15BrFN3O3S/c1-28-19-7-2-13(22)8-17(19)20-25-15(11-30-20)10-29-21(27)18-9-24-12-26(18)16-5-3-14(23)4-6-16/h2-9,11-12H,10H2,1H3. The van der Waals surface area contributed by atoms with E-state index in [1.807, 2.05) is 23.6 Å². The summed E-state index contributed by atoms with van der Waals surface area (Å²) in [5, 5.41) is 2.59. The quantitative estimate of drug-likeness (QED) is 0.347. The maximum absolute atomic E-state index is 13.2. The van der Waals surface area contributed by atoms with Crippen LogP contribution in [0.2, 0.25) is 0 Å². The lowest BCUT2D eigenvalue weighted by Gasteiger charge is -2.08. The molecular weight excluding hydrogens is 473 g/mol. The van der Waals surface area contributed by atoms with Crippen LogP contribution in [-0.2, 0) is 11.3 Å². The second-order valence-electron chi connectivity index (χ2n) is 6.19. The molecule has 2 aromatic carbocycles. The van der Waals surface area contributed by atoms with Crippen LogP contribution < -0.4 is 4.74 Å². The van der Waals surface area contributed by atoms with Crippen molar-refractivity contribution in [3.05, 3.63) is 82.0 Å². The first-order chi connectivity index (χ1) is 14.5. The van der Waals surface area contributed by atoms with E-state index in [0.717, 1.165) is 15.0 Å². The number of halogens is 2. The van der Waals surface area contributed by atoms with Gasteiger partial charge >= 0.3 is 5.97 Å². The lowest BCUT2D eigenvalue weighted by molar-refractivity contribution is 0.0459. The highest BCUT2D eigenvalue weighted by molar-refractivity contribution is 9.10. The van der Waals surface area contributed by atoms with Gasteiger partial charge < -0.3 is 9.47 Å². The van der Waals surface area contributed by atoms with Gasteiger partial charge in [-0.1, -0.05) is 15.9 Å². The highest BCUT2D eigenvalue weighted by Gasteiger charge is 2.16. The van der Waals surface area contributed by atoms with Crippen molar-refractivity contribution in [2.24, 2.45) is 0 Å². The average molecular weight is 488 g/mol. The van der Waals surface area contributed by atoms with E-state index < -0.39 is 5.97 Å². The van der Waals surface area contributed by atoms with Crippen molar-refractivity contribution >= 4 is 33.2 Å². The van der Waals surface area contributed by atoms with Gasteiger partial charge in [0, 0.05) is 15.5 Å². The maximum Gasteiger partial charge on any atom is 0.357 e. The molecule has 0 fully saturated rings. The van der Waals surface area contributed by atoms with Crippen molar-refractivity contribution in [2.45, 2.75) is 6.61 Å². The zero-order valence-corrected chi connectivity index (χ0v) is 18.1. The first-order valence-electron chi connectivity index (χ1n) is 8.79. The molecule has 152 valence electrons. The van der Waals surface area contributed by atoms with Gasteiger partial charge in [0.25, 0.3) is 0 Å². The van der Waals surface area contributed by atoms with Gasteiger partial charge in [0.1, 0.15) is 23.2 Å². The van der Waals surface area contributed by atoms with Crippen LogP contribution in [0.25, 0.3) is 16.3 Å². The molecule has 9 heteroatoms. The Morgan fingerprint density at radius 2 is 2.03 bits per heavy atom. The fourth-order valence-electron chi connectivity index (χ4n) is 2.81. The zero-order valence-electron chi connectivity index (χ0n) is 15.7. The Kier molecular flexibility index (Phi) is 5.91. The van der Waals surface area contributed by atoms with Crippen LogP contribution in [0.15, 0.2) is 64.8 Å². The molecule has 0 aliphatic heterocycles. The number of carbonyl (C=O) groups is 1. The summed E-state index contributed by atoms with van der Waals surface area (Å²) in [6.45, 7) is 0.0141. The summed E-state index contributed by atoms with van der Waals surface area (Å²) >= 11 is 4.89. The molecule has 6 nitrogen and oxygen atoms in total. The largest absolute Gasteiger partial charge is 0.496 e. The van der Waals surface area contributed by atoms with E-state index in [1.165, 1.54) is 36.0 Å². The lowest BCUT2D eigenvalue weighted by atomic mass is 10.2. The number of hydrogen-bond acceptors (Lipinski definition) is 6. The average Bonchev–Trinajstić information content (AvgIpc) is 3.42. The molecule has 0 spiro atoms. The number of hydrogen-bond donors (Lipinski definition) is 0. The number of rotatable bonds is 6. The van der Waals surface area contributed by atoms with Gasteiger partial charge in [-0.25, -0.2) is 19.2 Å². The summed E-state index contributed by atoms with van der Waals surface area (Å²) in [5.74, 6) is -0.199. The third-order valence-electron chi connectivity index (χ3n) is 4.25. The van der Waals surface area contributed by atoms with E-state index in [0.29, 0.717) is 17.1 Å². The van der Waals surface area contributed by atoms with Crippen LogP contribution in [0.4, 0.5) is 4.39 Å². The Hall–Kier alpha value is -3.04. The van der Waals surface area contributed by atoms with Crippen LogP contribution in [-0.4, -0.2) is 27.6 Å². The molecule has 2 aromatic heterocycles. The van der Waals surface area contributed by atoms with Crippen molar-refractivity contribution in [3.63, 3.8) is 0 Å². The molecule has 4 aromatic rings. The van der Waals surface area contributed by atoms with Crippen LogP contribution in [0.5, 0.6) is 5.75 Å². The minimum Gasteiger partial charge on any atom is -0.496 e. The Morgan fingerprint density at radius 3 is 2.80 bits per heavy atom. The molecular formula is C21H15BrFN3O3S. The van der Waals surface area contributed by atoms with Gasteiger partial charge in [0.2, 0.25) is 0 Å². The Labute approximate surface area is 184 Å². The predicted molar refractivity (Wildman–Crippen MR) is 114 cm³/mol. The monoisotopic (exact) mass is 487 g/mol. The fourth-order valence-corrected chi connectivity index (χ4v) is 4.00. The Morgan fingerprint density at radius 1 is 1.23 bits per heavy atom. The minimum absolute atomic E-state index is 0.0141. The highest BCUT2D eigenvalue weighted by atomic mass is 79.9. The smallest absolute Gasteiger partial charge is 0.357 e. The summed E-state index contributed by atoms with van der Waals surface area (Å²) in [6, 6.07) is 11.4. The molecule has 0 saturated carbocycles. The molecule has 0 aliphatic rings. The van der Waals surface area contributed by atoms with Crippen molar-refractivity contribution in [1.29, 1.82) is 0 Å². The predicted octanol–water partition coefficient (Wildman–Crippen LogP) is 5.26. The van der Waals surface area contributed by atoms with Gasteiger partial charge in [-0.2, -0.15) is 0 Å². The van der Waals surface area contributed by atoms with Crippen LogP contribution in [0, 0.1) is 5.82 Å². The fraction of sp³-hybridized carbons (Fsp3) is 0.0952. The zero-order chi connectivity index (χ0) is 21.1. The number of thiazole rings is 1. The second kappa shape index (κ2) is 8.76. The number of carbonyl (C=O) groups excluding carboxylic acids is 1. The molecule has 4 rings (SSSR count). The van der Waals surface area contributed by atoms with E-state index in [4.69, 9.17) is 9.47 Å². The van der Waals surface area contributed by atoms with Gasteiger partial charge in [-0.15, -0.1) is 11.3 Å². The topological polar surface area (TPSA) is 66.2 Å². The Bertz CT molecular complexity index is 1190. The SMILES string of the molecule is COc1ccc(Br)cc1-c1nc(COC(=O)c2cncn2-c2ccc(F)cc2)cs1. The maximum atomic E-state index is 13.2. The number of methoxy groups -OCH3 is 1. The molecule has 0 N–H and O–H groups in total. The van der Waals surface area contributed by atoms with Gasteiger partial charge in [0.15, 0.2) is 5.69 Å². The second-order valence-corrected chi connectivity index (χ2v) is 7.96. The van der Waals surface area contributed by atoms with Crippen molar-refractivity contribution < 1.29 is 18.7 Å². The molecule has 0 unspecified atom stereocenters. The normalized spacial score (nSPS) is 10.8. The molecule has 30 heavy (non-hydrogen) atoms. The first kappa shape index (κ1) is 20.2. The van der Waals surface area contributed by atoms with Crippen LogP contribution in [0.3, 0.4) is 0 Å². The molecule has 0 amide bonds. The van der Waals surface area contributed by atoms with Crippen molar-refractivity contribution in [1.82, 2.24) is 14.5 Å². The summed E-state index contributed by atoms with van der Waals surface area (Å²) in [6.07, 6.45) is 2.88. The van der Waals surface area contributed by atoms with E-state index in [1.54, 1.807) is 23.8 Å². The molecule has 2 heterocycles. The van der Waals surface area contributed by atoms with Crippen molar-refractivity contribution in [2.75, 3.05) is 7.11 Å². The third-order valence-corrected chi connectivity index (χ3v) is 5.66. The van der Waals surface area contributed by atoms with E-state index in [9.17, 15) is 9.18 Å². The number of esters is 1. The van der Waals surface area contributed by atoms with E-state index in [2.05, 4.69) is 25.9 Å². The molecule has 0 bridgehead atoms. The highest BCUT2D eigenvalue weighted by Crippen LogP contribution is 2.34. The summed E-state index contributed by atoms with van der Waals surface area (Å²) in [7, 11) is 1.60. The number of ether oxygens (including phenoxy) is 2. The number of nitrogens with zero attached hydrogens (tertiary/aromatic N) is 3. The van der Waals surface area contributed by atoms with E-state index in [-0.39, 0.29) is 18.1 Å². The summed E-state index contributed by atoms with van der Waals surface area (Å²) < 4.78 is 26.4. The molecule has 0 atom stereocenters. The van der Waals surface area contributed by atoms with Crippen LogP contribution in [0.1, 0.15) is 16.2 Å². The number of imidazole rings is 1. The molecule has 0 saturated heterocycles. The number of aromatic nitrogens is 3. The first-order valence-corrected chi connectivity index (χ1v) is 10.5. The van der Waals surface area contributed by atoms with Crippen molar-refractivity contribution in [3.8, 4) is 22.0 Å². The molecule has 0 aliphatic carbocycles. The van der Waals surface area contributed by atoms with Gasteiger partial charge in [0.05, 0.1) is 30.9 Å². The van der Waals surface area contributed by atoms with Gasteiger partial charge in [-0.3, -0.25) is 4.57 Å². The summed E-state index contributed by atoms with van der Waals surface area (Å²) in [4.78, 5) is 21.1. The number of benzene rings is 2. The van der Waals surface area contributed by atoms with Crippen LogP contribution >= 0.6 is 27.3 Å². The van der Waals surface area contributed by atoms with Gasteiger partial charge in [-0.05, 0) is 42.5 Å². The lowest BCUT2D eigenvalue weighted by Crippen LogP contribution is -2.11. The third kappa shape index (κ3) is 4.27. The Balaban J connectivity index is 1.48. The minimum atomic E-state index is -0.550. The summed E-state index contributed by atoms with van der Waals surface area (Å²) in [5.41, 5.74) is 2.33.